The summed E-state index contributed by atoms with van der Waals surface area (Å²) in [6, 6.07) is 6.68. The predicted octanol–water partition coefficient (Wildman–Crippen LogP) is 1.47. The van der Waals surface area contributed by atoms with E-state index in [0.717, 1.165) is 39.0 Å². The average molecular weight is 346 g/mol. The van der Waals surface area contributed by atoms with E-state index in [-0.39, 0.29) is 18.0 Å². The molecule has 0 aliphatic carbocycles. The summed E-state index contributed by atoms with van der Waals surface area (Å²) < 4.78 is 5.28. The van der Waals surface area contributed by atoms with Crippen molar-refractivity contribution in [2.75, 3.05) is 52.2 Å². The molecule has 25 heavy (non-hydrogen) atoms. The number of piperazine rings is 1. The van der Waals surface area contributed by atoms with Crippen LogP contribution < -0.4 is 10.1 Å². The monoisotopic (exact) mass is 346 g/mol. The first-order valence-corrected chi connectivity index (χ1v) is 8.78. The Morgan fingerprint density at radius 2 is 1.84 bits per heavy atom. The zero-order chi connectivity index (χ0) is 17.8. The van der Waals surface area contributed by atoms with Gasteiger partial charge in [-0.05, 0) is 32.0 Å². The summed E-state index contributed by atoms with van der Waals surface area (Å²) in [5, 5.41) is 2.88. The molecule has 1 atom stereocenters. The maximum atomic E-state index is 12.9. The topological polar surface area (TPSA) is 65.1 Å². The second-order valence-corrected chi connectivity index (χ2v) is 6.61. The number of methoxy groups -OCH3 is 1. The van der Waals surface area contributed by atoms with Gasteiger partial charge in [-0.2, -0.15) is 0 Å². The lowest BCUT2D eigenvalue weighted by Crippen LogP contribution is -2.54. The van der Waals surface area contributed by atoms with E-state index in [2.05, 4.69) is 17.3 Å². The summed E-state index contributed by atoms with van der Waals surface area (Å²) in [5.41, 5.74) is 0.618. The van der Waals surface area contributed by atoms with Gasteiger partial charge in [0.1, 0.15) is 11.8 Å². The van der Waals surface area contributed by atoms with Crippen molar-refractivity contribution in [3.63, 3.8) is 0 Å². The number of hydrogen-bond acceptors (Lipinski definition) is 4. The number of carbonyl (C=O) groups is 2. The number of ether oxygens (including phenoxy) is 1. The van der Waals surface area contributed by atoms with E-state index in [9.17, 15) is 9.59 Å². The van der Waals surface area contributed by atoms with Crippen LogP contribution in [0.1, 0.15) is 12.8 Å². The van der Waals surface area contributed by atoms with Crippen LogP contribution in [-0.2, 0) is 4.79 Å². The minimum absolute atomic E-state index is 0.0702. The SMILES string of the molecule is COc1ccccc1NC(=O)N1CCC[C@@H]1C(=O)N1CCN(C)CC1. The number of hydrogen-bond donors (Lipinski definition) is 1. The Bertz CT molecular complexity index is 629. The molecular weight excluding hydrogens is 320 g/mol. The van der Waals surface area contributed by atoms with Crippen LogP contribution in [0.4, 0.5) is 10.5 Å². The molecule has 0 bridgehead atoms. The van der Waals surface area contributed by atoms with E-state index in [0.29, 0.717) is 18.0 Å². The highest BCUT2D eigenvalue weighted by Gasteiger charge is 2.37. The van der Waals surface area contributed by atoms with Crippen molar-refractivity contribution in [2.24, 2.45) is 0 Å². The number of amides is 3. The number of urea groups is 1. The molecule has 0 unspecified atom stereocenters. The third-order valence-electron chi connectivity index (χ3n) is 4.96. The molecule has 1 aromatic carbocycles. The number of likely N-dealkylation sites (tertiary alicyclic amines) is 1. The number of benzene rings is 1. The maximum absolute atomic E-state index is 12.9. The highest BCUT2D eigenvalue weighted by Crippen LogP contribution is 2.26. The van der Waals surface area contributed by atoms with Crippen LogP contribution in [0.2, 0.25) is 0 Å². The zero-order valence-corrected chi connectivity index (χ0v) is 14.9. The van der Waals surface area contributed by atoms with Gasteiger partial charge in [0.25, 0.3) is 0 Å². The standard InChI is InChI=1S/C18H26N4O3/c1-20-10-12-21(13-11-20)17(23)15-7-5-9-22(15)18(24)19-14-6-3-4-8-16(14)25-2/h3-4,6,8,15H,5,7,9-13H2,1-2H3,(H,19,24)/t15-/m1/s1. The fourth-order valence-corrected chi connectivity index (χ4v) is 3.44. The Labute approximate surface area is 148 Å². The molecule has 0 spiro atoms. The van der Waals surface area contributed by atoms with E-state index < -0.39 is 0 Å². The summed E-state index contributed by atoms with van der Waals surface area (Å²) in [7, 11) is 3.63. The number of nitrogens with one attached hydrogen (secondary N) is 1. The first-order chi connectivity index (χ1) is 12.1. The molecule has 7 heteroatoms. The van der Waals surface area contributed by atoms with Crippen molar-refractivity contribution in [3.05, 3.63) is 24.3 Å². The van der Waals surface area contributed by atoms with Crippen molar-refractivity contribution >= 4 is 17.6 Å². The Kier molecular flexibility index (Phi) is 5.43. The molecule has 0 aromatic heterocycles. The molecule has 0 saturated carbocycles. The molecule has 2 heterocycles. The van der Waals surface area contributed by atoms with Crippen LogP contribution in [0, 0.1) is 0 Å². The molecule has 2 aliphatic rings. The lowest BCUT2D eigenvalue weighted by atomic mass is 10.1. The maximum Gasteiger partial charge on any atom is 0.322 e. The number of para-hydroxylation sites is 2. The summed E-state index contributed by atoms with van der Waals surface area (Å²) in [5.74, 6) is 0.678. The lowest BCUT2D eigenvalue weighted by molar-refractivity contribution is -0.136. The van der Waals surface area contributed by atoms with Gasteiger partial charge in [0.05, 0.1) is 12.8 Å². The van der Waals surface area contributed by atoms with E-state index in [1.807, 2.05) is 17.0 Å². The van der Waals surface area contributed by atoms with Crippen molar-refractivity contribution < 1.29 is 14.3 Å². The summed E-state index contributed by atoms with van der Waals surface area (Å²) in [6.45, 7) is 3.82. The fraction of sp³-hybridized carbons (Fsp3) is 0.556. The van der Waals surface area contributed by atoms with Gasteiger partial charge in [0.2, 0.25) is 5.91 Å². The number of likely N-dealkylation sites (N-methyl/N-ethyl adjacent to an activating group) is 1. The second-order valence-electron chi connectivity index (χ2n) is 6.61. The molecule has 3 rings (SSSR count). The third kappa shape index (κ3) is 3.87. The van der Waals surface area contributed by atoms with Gasteiger partial charge >= 0.3 is 6.03 Å². The predicted molar refractivity (Wildman–Crippen MR) is 95.8 cm³/mol. The average Bonchev–Trinajstić information content (AvgIpc) is 3.12. The van der Waals surface area contributed by atoms with E-state index in [1.165, 1.54) is 0 Å². The largest absolute Gasteiger partial charge is 0.495 e. The van der Waals surface area contributed by atoms with Crippen LogP contribution in [-0.4, -0.2) is 79.6 Å². The Balaban J connectivity index is 1.66. The van der Waals surface area contributed by atoms with Gasteiger partial charge in [-0.25, -0.2) is 4.79 Å². The number of anilines is 1. The number of rotatable bonds is 3. The van der Waals surface area contributed by atoms with Crippen molar-refractivity contribution in [1.82, 2.24) is 14.7 Å². The van der Waals surface area contributed by atoms with Crippen LogP contribution >= 0.6 is 0 Å². The fourth-order valence-electron chi connectivity index (χ4n) is 3.44. The Morgan fingerprint density at radius 1 is 1.12 bits per heavy atom. The summed E-state index contributed by atoms with van der Waals surface area (Å²) >= 11 is 0. The zero-order valence-electron chi connectivity index (χ0n) is 14.9. The summed E-state index contributed by atoms with van der Waals surface area (Å²) in [4.78, 5) is 31.3. The molecule has 2 saturated heterocycles. The molecule has 2 aliphatic heterocycles. The van der Waals surface area contributed by atoms with Gasteiger partial charge in [0.15, 0.2) is 0 Å². The van der Waals surface area contributed by atoms with Crippen molar-refractivity contribution in [2.45, 2.75) is 18.9 Å². The molecule has 0 radical (unpaired) electrons. The van der Waals surface area contributed by atoms with Crippen LogP contribution in [0.3, 0.4) is 0 Å². The molecule has 3 amide bonds. The first-order valence-electron chi connectivity index (χ1n) is 8.78. The summed E-state index contributed by atoms with van der Waals surface area (Å²) in [6.07, 6.45) is 1.58. The minimum Gasteiger partial charge on any atom is -0.495 e. The number of nitrogens with zero attached hydrogens (tertiary/aromatic N) is 3. The van der Waals surface area contributed by atoms with Gasteiger partial charge in [0, 0.05) is 32.7 Å². The highest BCUT2D eigenvalue weighted by molar-refractivity contribution is 5.95. The van der Waals surface area contributed by atoms with Crippen LogP contribution in [0.25, 0.3) is 0 Å². The van der Waals surface area contributed by atoms with E-state index in [4.69, 9.17) is 4.74 Å². The Morgan fingerprint density at radius 3 is 2.56 bits per heavy atom. The quantitative estimate of drug-likeness (QED) is 0.900. The van der Waals surface area contributed by atoms with Gasteiger partial charge < -0.3 is 24.8 Å². The molecular formula is C18H26N4O3. The highest BCUT2D eigenvalue weighted by atomic mass is 16.5. The lowest BCUT2D eigenvalue weighted by Gasteiger charge is -2.35. The molecule has 1 N–H and O–H groups in total. The van der Waals surface area contributed by atoms with Crippen LogP contribution in [0.15, 0.2) is 24.3 Å². The third-order valence-corrected chi connectivity index (χ3v) is 4.96. The van der Waals surface area contributed by atoms with Crippen molar-refractivity contribution in [3.8, 4) is 5.75 Å². The first kappa shape index (κ1) is 17.5. The molecule has 7 nitrogen and oxygen atoms in total. The molecule has 2 fully saturated rings. The second kappa shape index (κ2) is 7.74. The minimum atomic E-state index is -0.363. The molecule has 1 aromatic rings. The molecule has 136 valence electrons. The van der Waals surface area contributed by atoms with E-state index in [1.54, 1.807) is 24.1 Å². The van der Waals surface area contributed by atoms with Crippen molar-refractivity contribution in [1.29, 1.82) is 0 Å². The van der Waals surface area contributed by atoms with Gasteiger partial charge in [-0.3, -0.25) is 4.79 Å². The smallest absolute Gasteiger partial charge is 0.322 e. The Hall–Kier alpha value is -2.28. The number of carbonyl (C=O) groups excluding carboxylic acids is 2. The van der Waals surface area contributed by atoms with Gasteiger partial charge in [-0.1, -0.05) is 12.1 Å². The normalized spacial score (nSPS) is 21.3. The van der Waals surface area contributed by atoms with E-state index >= 15 is 0 Å². The van der Waals surface area contributed by atoms with Crippen LogP contribution in [0.5, 0.6) is 5.75 Å². The van der Waals surface area contributed by atoms with Gasteiger partial charge in [-0.15, -0.1) is 0 Å².